The molecule has 4 amide bonds. The molecule has 0 spiro atoms. The molecule has 1 heterocycles. The van der Waals surface area contributed by atoms with Gasteiger partial charge in [0.05, 0.1) is 29.3 Å². The van der Waals surface area contributed by atoms with Crippen molar-refractivity contribution in [1.29, 1.82) is 0 Å². The molecule has 16 heteroatoms. The molecule has 0 radical (unpaired) electrons. The predicted molar refractivity (Wildman–Crippen MR) is 121 cm³/mol. The summed E-state index contributed by atoms with van der Waals surface area (Å²) in [7, 11) is -3.38. The number of nitrogens with one attached hydrogen (secondary N) is 2. The van der Waals surface area contributed by atoms with Gasteiger partial charge in [0.25, 0.3) is 5.91 Å². The van der Waals surface area contributed by atoms with E-state index in [9.17, 15) is 49.1 Å². The van der Waals surface area contributed by atoms with E-state index in [-0.39, 0.29) is 35.7 Å². The monoisotopic (exact) mass is 566 g/mol. The third-order valence-electron chi connectivity index (χ3n) is 5.45. The fourth-order valence-electron chi connectivity index (χ4n) is 3.48. The molecule has 1 aliphatic heterocycles. The van der Waals surface area contributed by atoms with Crippen LogP contribution in [0.4, 0.5) is 36.8 Å². The molecular weight excluding hydrogens is 546 g/mol. The predicted octanol–water partition coefficient (Wildman–Crippen LogP) is 2.89. The number of carbonyl (C=O) groups is 3. The summed E-state index contributed by atoms with van der Waals surface area (Å²) < 4.78 is 101. The lowest BCUT2D eigenvalue weighted by Crippen LogP contribution is -2.50. The first-order valence-corrected chi connectivity index (χ1v) is 12.6. The van der Waals surface area contributed by atoms with Crippen molar-refractivity contribution >= 4 is 33.4 Å². The molecule has 1 aliphatic rings. The lowest BCUT2D eigenvalue weighted by atomic mass is 10.1. The van der Waals surface area contributed by atoms with Crippen LogP contribution in [0.15, 0.2) is 48.5 Å². The van der Waals surface area contributed by atoms with Crippen LogP contribution in [-0.2, 0) is 27.4 Å². The van der Waals surface area contributed by atoms with Crippen LogP contribution in [0.3, 0.4) is 0 Å². The Morgan fingerprint density at radius 3 is 2.00 bits per heavy atom. The van der Waals surface area contributed by atoms with Crippen molar-refractivity contribution < 1.29 is 49.1 Å². The molecular formula is C22H20F6N4O5S. The molecule has 0 unspecified atom stereocenters. The zero-order valence-electron chi connectivity index (χ0n) is 19.3. The fourth-order valence-corrected chi connectivity index (χ4v) is 4.68. The number of hydrogen-bond acceptors (Lipinski definition) is 5. The average molecular weight is 566 g/mol. The van der Waals surface area contributed by atoms with Crippen LogP contribution >= 0.6 is 0 Å². The number of rotatable bonds is 4. The van der Waals surface area contributed by atoms with E-state index in [1.54, 1.807) is 5.43 Å². The number of urea groups is 1. The van der Waals surface area contributed by atoms with Crippen LogP contribution in [-0.4, -0.2) is 61.9 Å². The highest BCUT2D eigenvalue weighted by Crippen LogP contribution is 2.37. The van der Waals surface area contributed by atoms with Gasteiger partial charge in [0.1, 0.15) is 0 Å². The number of para-hydroxylation sites is 1. The zero-order valence-corrected chi connectivity index (χ0v) is 20.1. The normalized spacial score (nSPS) is 15.5. The third kappa shape index (κ3) is 7.14. The second-order valence-corrected chi connectivity index (χ2v) is 10.4. The Morgan fingerprint density at radius 2 is 1.45 bits per heavy atom. The van der Waals surface area contributed by atoms with Gasteiger partial charge in [-0.15, -0.1) is 0 Å². The van der Waals surface area contributed by atoms with Crippen LogP contribution in [0.25, 0.3) is 0 Å². The van der Waals surface area contributed by atoms with Gasteiger partial charge in [-0.1, -0.05) is 24.3 Å². The molecule has 0 bridgehead atoms. The van der Waals surface area contributed by atoms with E-state index in [2.05, 4.69) is 0 Å². The minimum Gasteiger partial charge on any atom is -0.322 e. The molecule has 38 heavy (non-hydrogen) atoms. The molecule has 0 atom stereocenters. The van der Waals surface area contributed by atoms with Gasteiger partial charge in [-0.25, -0.2) is 13.2 Å². The molecule has 0 aromatic heterocycles. The molecule has 2 N–H and O–H groups in total. The van der Waals surface area contributed by atoms with E-state index < -0.39 is 57.8 Å². The van der Waals surface area contributed by atoms with Gasteiger partial charge in [-0.2, -0.15) is 26.3 Å². The Morgan fingerprint density at radius 1 is 0.868 bits per heavy atom. The standard InChI is InChI=1S/C22H20F6N4O5S/c23-21(24,25)16-3-1-2-4-17(16)32(20(35)31-9-11-38(36,37)12-10-31)13-14-5-7-15(8-6-14)18(33)29-30-19(34)22(26,27)28/h1-8H,9-13H2,(H,29,33)(H,30,34). The zero-order chi connectivity index (χ0) is 28.3. The number of anilines is 1. The number of nitrogens with zero attached hydrogens (tertiary/aromatic N) is 2. The molecule has 1 saturated heterocycles. The highest BCUT2D eigenvalue weighted by molar-refractivity contribution is 7.91. The number of hydrogen-bond donors (Lipinski definition) is 2. The topological polar surface area (TPSA) is 116 Å². The van der Waals surface area contributed by atoms with Gasteiger partial charge < -0.3 is 4.90 Å². The van der Waals surface area contributed by atoms with Crippen LogP contribution < -0.4 is 15.8 Å². The second kappa shape index (κ2) is 10.9. The van der Waals surface area contributed by atoms with Crippen molar-refractivity contribution in [2.75, 3.05) is 29.5 Å². The van der Waals surface area contributed by atoms with Gasteiger partial charge in [-0.05, 0) is 29.8 Å². The summed E-state index contributed by atoms with van der Waals surface area (Å²) in [4.78, 5) is 38.1. The van der Waals surface area contributed by atoms with E-state index in [1.165, 1.54) is 23.6 Å². The Bertz CT molecular complexity index is 1300. The minimum absolute atomic E-state index is 0.189. The highest BCUT2D eigenvalue weighted by Gasteiger charge is 2.39. The first-order chi connectivity index (χ1) is 17.6. The lowest BCUT2D eigenvalue weighted by Gasteiger charge is -2.34. The first-order valence-electron chi connectivity index (χ1n) is 10.8. The average Bonchev–Trinajstić information content (AvgIpc) is 2.84. The van der Waals surface area contributed by atoms with Gasteiger partial charge in [0.2, 0.25) is 0 Å². The van der Waals surface area contributed by atoms with Crippen molar-refractivity contribution in [2.45, 2.75) is 18.9 Å². The molecule has 2 aromatic rings. The molecule has 9 nitrogen and oxygen atoms in total. The Kier molecular flexibility index (Phi) is 8.24. The van der Waals surface area contributed by atoms with E-state index in [0.717, 1.165) is 40.1 Å². The molecule has 0 aliphatic carbocycles. The summed E-state index contributed by atoms with van der Waals surface area (Å²) in [5.74, 6) is -4.19. The Hall–Kier alpha value is -3.82. The lowest BCUT2D eigenvalue weighted by molar-refractivity contribution is -0.174. The van der Waals surface area contributed by atoms with Gasteiger partial charge >= 0.3 is 24.3 Å². The van der Waals surface area contributed by atoms with Crippen molar-refractivity contribution in [3.8, 4) is 0 Å². The van der Waals surface area contributed by atoms with Crippen LogP contribution in [0, 0.1) is 0 Å². The van der Waals surface area contributed by atoms with Gasteiger partial charge in [0.15, 0.2) is 9.84 Å². The molecule has 1 fully saturated rings. The number of sulfone groups is 1. The molecule has 206 valence electrons. The maximum Gasteiger partial charge on any atom is 0.472 e. The molecule has 3 rings (SSSR count). The third-order valence-corrected chi connectivity index (χ3v) is 7.06. The molecule has 0 saturated carbocycles. The quantitative estimate of drug-likeness (QED) is 0.436. The van der Waals surface area contributed by atoms with Crippen molar-refractivity contribution in [3.05, 3.63) is 65.2 Å². The smallest absolute Gasteiger partial charge is 0.322 e. The largest absolute Gasteiger partial charge is 0.472 e. The first kappa shape index (κ1) is 28.7. The maximum atomic E-state index is 13.7. The fraction of sp³-hybridized carbons (Fsp3) is 0.318. The minimum atomic E-state index is -5.22. The van der Waals surface area contributed by atoms with Crippen molar-refractivity contribution in [3.63, 3.8) is 0 Å². The summed E-state index contributed by atoms with van der Waals surface area (Å²) >= 11 is 0. The van der Waals surface area contributed by atoms with E-state index >= 15 is 0 Å². The SMILES string of the molecule is O=C(NNC(=O)C(F)(F)F)c1ccc(CN(C(=O)N2CCS(=O)(=O)CC2)c2ccccc2C(F)(F)F)cc1. The van der Waals surface area contributed by atoms with Crippen molar-refractivity contribution in [1.82, 2.24) is 15.8 Å². The van der Waals surface area contributed by atoms with E-state index in [1.807, 2.05) is 0 Å². The van der Waals surface area contributed by atoms with E-state index in [0.29, 0.717) is 0 Å². The number of halogens is 6. The number of benzene rings is 2. The van der Waals surface area contributed by atoms with Crippen LogP contribution in [0.2, 0.25) is 0 Å². The number of alkyl halides is 6. The maximum absolute atomic E-state index is 13.7. The van der Waals surface area contributed by atoms with Gasteiger partial charge in [0, 0.05) is 18.7 Å². The number of hydrazine groups is 1. The van der Waals surface area contributed by atoms with Gasteiger partial charge in [-0.3, -0.25) is 25.3 Å². The van der Waals surface area contributed by atoms with E-state index in [4.69, 9.17) is 0 Å². The highest BCUT2D eigenvalue weighted by atomic mass is 32.2. The summed E-state index contributed by atoms with van der Waals surface area (Å²) in [6, 6.07) is 8.25. The summed E-state index contributed by atoms with van der Waals surface area (Å²) in [5.41, 5.74) is 1.25. The molecule has 2 aromatic carbocycles. The Labute approximate surface area is 212 Å². The Balaban J connectivity index is 1.85. The van der Waals surface area contributed by atoms with Crippen LogP contribution in [0.1, 0.15) is 21.5 Å². The number of carbonyl (C=O) groups excluding carboxylic acids is 3. The van der Waals surface area contributed by atoms with Crippen LogP contribution in [0.5, 0.6) is 0 Å². The summed E-state index contributed by atoms with van der Waals surface area (Å²) in [6.07, 6.45) is -10.0. The summed E-state index contributed by atoms with van der Waals surface area (Å²) in [5, 5.41) is 0. The number of amides is 4. The summed E-state index contributed by atoms with van der Waals surface area (Å²) in [6.45, 7) is -0.842. The van der Waals surface area contributed by atoms with Crippen molar-refractivity contribution in [2.24, 2.45) is 0 Å². The second-order valence-electron chi connectivity index (χ2n) is 8.13.